The summed E-state index contributed by atoms with van der Waals surface area (Å²) in [5.41, 5.74) is 6.27. The highest BCUT2D eigenvalue weighted by molar-refractivity contribution is 5.97. The van der Waals surface area contributed by atoms with Crippen LogP contribution in [0.2, 0.25) is 0 Å². The predicted molar refractivity (Wildman–Crippen MR) is 60.4 cm³/mol. The summed E-state index contributed by atoms with van der Waals surface area (Å²) in [5, 5.41) is 2.71. The molecule has 3 N–H and O–H groups in total. The SMILES string of the molecule is C=C/C=C(\C=C)C(=O)NC1=CC(C)NN1. The first-order valence-corrected chi connectivity index (χ1v) is 4.67. The third kappa shape index (κ3) is 3.11. The molecule has 0 aromatic carbocycles. The van der Waals surface area contributed by atoms with Gasteiger partial charge in [-0.25, -0.2) is 5.43 Å². The maximum Gasteiger partial charge on any atom is 0.256 e. The summed E-state index contributed by atoms with van der Waals surface area (Å²) in [7, 11) is 0. The highest BCUT2D eigenvalue weighted by Crippen LogP contribution is 2.00. The lowest BCUT2D eigenvalue weighted by molar-refractivity contribution is -0.116. The molecule has 0 fully saturated rings. The number of hydrazine groups is 1. The zero-order valence-corrected chi connectivity index (χ0v) is 8.71. The monoisotopic (exact) mass is 205 g/mol. The molecule has 4 nitrogen and oxygen atoms in total. The van der Waals surface area contributed by atoms with Gasteiger partial charge in [0, 0.05) is 11.6 Å². The molecule has 1 rings (SSSR count). The van der Waals surface area contributed by atoms with Crippen LogP contribution in [0.15, 0.2) is 48.9 Å². The number of carbonyl (C=O) groups excluding carboxylic acids is 1. The van der Waals surface area contributed by atoms with Crippen molar-refractivity contribution in [3.8, 4) is 0 Å². The van der Waals surface area contributed by atoms with E-state index in [0.717, 1.165) is 0 Å². The van der Waals surface area contributed by atoms with Gasteiger partial charge < -0.3 is 10.7 Å². The molecule has 15 heavy (non-hydrogen) atoms. The van der Waals surface area contributed by atoms with Crippen LogP contribution in [0.25, 0.3) is 0 Å². The fourth-order valence-corrected chi connectivity index (χ4v) is 1.16. The molecule has 1 amide bonds. The first-order valence-electron chi connectivity index (χ1n) is 4.67. The second kappa shape index (κ2) is 5.17. The maximum atomic E-state index is 11.6. The fourth-order valence-electron chi connectivity index (χ4n) is 1.16. The smallest absolute Gasteiger partial charge is 0.256 e. The lowest BCUT2D eigenvalue weighted by Crippen LogP contribution is -2.36. The van der Waals surface area contributed by atoms with Crippen LogP contribution in [0, 0.1) is 0 Å². The number of amides is 1. The van der Waals surface area contributed by atoms with E-state index in [2.05, 4.69) is 29.3 Å². The molecule has 0 saturated carbocycles. The van der Waals surface area contributed by atoms with Gasteiger partial charge in [0.05, 0.1) is 0 Å². The average molecular weight is 205 g/mol. The van der Waals surface area contributed by atoms with Crippen molar-refractivity contribution < 1.29 is 4.79 Å². The van der Waals surface area contributed by atoms with Crippen LogP contribution in [0.3, 0.4) is 0 Å². The van der Waals surface area contributed by atoms with Gasteiger partial charge >= 0.3 is 0 Å². The van der Waals surface area contributed by atoms with E-state index in [4.69, 9.17) is 0 Å². The number of hydrogen-bond donors (Lipinski definition) is 3. The minimum Gasteiger partial charge on any atom is -0.308 e. The van der Waals surface area contributed by atoms with Gasteiger partial charge in [0.15, 0.2) is 0 Å². The Morgan fingerprint density at radius 2 is 2.33 bits per heavy atom. The van der Waals surface area contributed by atoms with E-state index in [-0.39, 0.29) is 11.9 Å². The molecule has 1 heterocycles. The van der Waals surface area contributed by atoms with Crippen molar-refractivity contribution in [3.05, 3.63) is 48.9 Å². The first kappa shape index (κ1) is 11.3. The van der Waals surface area contributed by atoms with Crippen LogP contribution >= 0.6 is 0 Å². The Hall–Kier alpha value is -1.81. The van der Waals surface area contributed by atoms with Gasteiger partial charge in [0.1, 0.15) is 5.82 Å². The second-order valence-corrected chi connectivity index (χ2v) is 3.15. The third-order valence-electron chi connectivity index (χ3n) is 1.88. The summed E-state index contributed by atoms with van der Waals surface area (Å²) in [6.45, 7) is 9.06. The van der Waals surface area contributed by atoms with Gasteiger partial charge in [-0.3, -0.25) is 4.79 Å². The number of allylic oxidation sites excluding steroid dienone is 2. The molecule has 80 valence electrons. The molecular weight excluding hydrogens is 190 g/mol. The van der Waals surface area contributed by atoms with E-state index in [9.17, 15) is 4.79 Å². The van der Waals surface area contributed by atoms with Crippen molar-refractivity contribution in [2.24, 2.45) is 0 Å². The van der Waals surface area contributed by atoms with E-state index >= 15 is 0 Å². The van der Waals surface area contributed by atoms with Crippen LogP contribution in [0.5, 0.6) is 0 Å². The number of rotatable bonds is 4. The maximum absolute atomic E-state index is 11.6. The minimum absolute atomic E-state index is 0.205. The van der Waals surface area contributed by atoms with Crippen molar-refractivity contribution in [2.75, 3.05) is 0 Å². The molecule has 0 radical (unpaired) electrons. The van der Waals surface area contributed by atoms with Gasteiger partial charge in [-0.1, -0.05) is 31.4 Å². The molecule has 0 aromatic rings. The van der Waals surface area contributed by atoms with Crippen molar-refractivity contribution in [1.29, 1.82) is 0 Å². The third-order valence-corrected chi connectivity index (χ3v) is 1.88. The lowest BCUT2D eigenvalue weighted by Gasteiger charge is -2.06. The number of nitrogens with one attached hydrogen (secondary N) is 3. The molecular formula is C11H15N3O. The van der Waals surface area contributed by atoms with Crippen molar-refractivity contribution >= 4 is 5.91 Å². The van der Waals surface area contributed by atoms with E-state index in [1.807, 2.05) is 13.0 Å². The Kier molecular flexibility index (Phi) is 3.88. The summed E-state index contributed by atoms with van der Waals surface area (Å²) in [5.74, 6) is 0.448. The Bertz CT molecular complexity index is 342. The topological polar surface area (TPSA) is 53.2 Å². The Morgan fingerprint density at radius 1 is 1.60 bits per heavy atom. The van der Waals surface area contributed by atoms with Crippen LogP contribution in [0.1, 0.15) is 6.92 Å². The average Bonchev–Trinajstić information content (AvgIpc) is 2.60. The van der Waals surface area contributed by atoms with E-state index < -0.39 is 0 Å². The quantitative estimate of drug-likeness (QED) is 0.468. The van der Waals surface area contributed by atoms with Crippen LogP contribution in [0.4, 0.5) is 0 Å². The lowest BCUT2D eigenvalue weighted by atomic mass is 10.2. The minimum atomic E-state index is -0.209. The zero-order chi connectivity index (χ0) is 11.3. The molecule has 1 unspecified atom stereocenters. The number of carbonyl (C=O) groups is 1. The molecule has 1 aliphatic heterocycles. The zero-order valence-electron chi connectivity index (χ0n) is 8.71. The summed E-state index contributed by atoms with van der Waals surface area (Å²) >= 11 is 0. The van der Waals surface area contributed by atoms with Gasteiger partial charge in [-0.05, 0) is 13.0 Å². The largest absolute Gasteiger partial charge is 0.308 e. The highest BCUT2D eigenvalue weighted by Gasteiger charge is 2.13. The van der Waals surface area contributed by atoms with Gasteiger partial charge in [-0.2, -0.15) is 0 Å². The van der Waals surface area contributed by atoms with Crippen molar-refractivity contribution in [2.45, 2.75) is 13.0 Å². The molecule has 1 atom stereocenters. The normalized spacial score (nSPS) is 20.2. The Balaban J connectivity index is 2.62. The predicted octanol–water partition coefficient (Wildman–Crippen LogP) is 0.739. The van der Waals surface area contributed by atoms with Gasteiger partial charge in [0.2, 0.25) is 0 Å². The van der Waals surface area contributed by atoms with E-state index in [1.54, 1.807) is 12.2 Å². The summed E-state index contributed by atoms with van der Waals surface area (Å²) in [6, 6.07) is 0.205. The van der Waals surface area contributed by atoms with Gasteiger partial charge in [0.25, 0.3) is 5.91 Å². The molecule has 0 saturated heterocycles. The summed E-state index contributed by atoms with van der Waals surface area (Å²) in [6.07, 6.45) is 6.53. The molecule has 0 bridgehead atoms. The van der Waals surface area contributed by atoms with E-state index in [1.165, 1.54) is 6.08 Å². The Labute approximate surface area is 89.4 Å². The highest BCUT2D eigenvalue weighted by atomic mass is 16.1. The fraction of sp³-hybridized carbons (Fsp3) is 0.182. The molecule has 0 aromatic heterocycles. The van der Waals surface area contributed by atoms with Gasteiger partial charge in [-0.15, -0.1) is 0 Å². The Morgan fingerprint density at radius 3 is 2.80 bits per heavy atom. The molecule has 1 aliphatic rings. The van der Waals surface area contributed by atoms with E-state index in [0.29, 0.717) is 11.4 Å². The standard InChI is InChI=1S/C11H15N3O/c1-4-6-9(5-2)11(15)12-10-7-8(3)13-14-10/h4-8,13-14H,1-2H2,3H3,(H,12,15)/b9-6+. The molecule has 0 spiro atoms. The van der Waals surface area contributed by atoms with Crippen LogP contribution < -0.4 is 16.2 Å². The summed E-state index contributed by atoms with van der Waals surface area (Å²) in [4.78, 5) is 11.6. The van der Waals surface area contributed by atoms with Crippen LogP contribution in [-0.2, 0) is 4.79 Å². The molecule has 0 aliphatic carbocycles. The summed E-state index contributed by atoms with van der Waals surface area (Å²) < 4.78 is 0. The van der Waals surface area contributed by atoms with Crippen LogP contribution in [-0.4, -0.2) is 11.9 Å². The van der Waals surface area contributed by atoms with Crippen molar-refractivity contribution in [3.63, 3.8) is 0 Å². The second-order valence-electron chi connectivity index (χ2n) is 3.15. The van der Waals surface area contributed by atoms with Crippen molar-refractivity contribution in [1.82, 2.24) is 16.2 Å². The number of hydrogen-bond acceptors (Lipinski definition) is 3. The molecule has 4 heteroatoms. The first-order chi connectivity index (χ1) is 7.17.